The summed E-state index contributed by atoms with van der Waals surface area (Å²) < 4.78 is 35.6. The molecule has 5 amide bonds. The summed E-state index contributed by atoms with van der Waals surface area (Å²) >= 11 is 1.46. The van der Waals surface area contributed by atoms with Gasteiger partial charge in [-0.1, -0.05) is 0 Å². The molecular formula is C55H73N5O11S. The Labute approximate surface area is 428 Å². The number of aryl methyl sites for hydroxylation is 3. The lowest BCUT2D eigenvalue weighted by atomic mass is 9.99. The van der Waals surface area contributed by atoms with Crippen LogP contribution in [0, 0.1) is 6.92 Å². The third-order valence-corrected chi connectivity index (χ3v) is 16.0. The number of nitrogens with one attached hydrogen (secondary N) is 1. The van der Waals surface area contributed by atoms with E-state index in [-0.39, 0.29) is 74.2 Å². The quantitative estimate of drug-likeness (QED) is 0.0762. The molecule has 5 aliphatic heterocycles. The molecule has 0 bridgehead atoms. The number of carbonyl (C=O) groups is 5. The fraction of sp³-hybridized carbons (Fsp3) is 0.582. The van der Waals surface area contributed by atoms with Crippen molar-refractivity contribution in [2.75, 3.05) is 91.9 Å². The number of rotatable bonds is 24. The van der Waals surface area contributed by atoms with Gasteiger partial charge in [-0.15, -0.1) is 11.8 Å². The molecule has 0 radical (unpaired) electrons. The Morgan fingerprint density at radius 3 is 1.97 bits per heavy atom. The molecule has 5 heterocycles. The van der Waals surface area contributed by atoms with Gasteiger partial charge in [-0.2, -0.15) is 0 Å². The number of ether oxygens (including phenoxy) is 6. The maximum Gasteiger partial charge on any atom is 0.254 e. The van der Waals surface area contributed by atoms with E-state index in [1.807, 2.05) is 34.9 Å². The van der Waals surface area contributed by atoms with E-state index in [2.05, 4.69) is 48.3 Å². The molecule has 3 fully saturated rings. The Morgan fingerprint density at radius 1 is 0.750 bits per heavy atom. The minimum absolute atomic E-state index is 0.0455. The Bertz CT molecular complexity index is 2470. The summed E-state index contributed by atoms with van der Waals surface area (Å²) in [7, 11) is 4.76. The number of imide groups is 1. The minimum atomic E-state index is -0.595. The van der Waals surface area contributed by atoms with Crippen LogP contribution >= 0.6 is 11.8 Å². The lowest BCUT2D eigenvalue weighted by molar-refractivity contribution is -0.138. The van der Waals surface area contributed by atoms with E-state index in [0.717, 1.165) is 109 Å². The average molecular weight is 1010 g/mol. The van der Waals surface area contributed by atoms with Crippen LogP contribution < -0.4 is 24.4 Å². The number of carbonyl (C=O) groups excluding carboxylic acids is 5. The van der Waals surface area contributed by atoms with Crippen molar-refractivity contribution in [2.24, 2.45) is 0 Å². The maximum atomic E-state index is 13.7. The van der Waals surface area contributed by atoms with Crippen LogP contribution in [0.3, 0.4) is 0 Å². The fourth-order valence-corrected chi connectivity index (χ4v) is 12.3. The largest absolute Gasteiger partial charge is 0.493 e. The number of anilines is 1. The summed E-state index contributed by atoms with van der Waals surface area (Å²) in [5.41, 5.74) is 6.95. The number of nitrogens with zero attached hydrogens (tertiary/aromatic N) is 4. The van der Waals surface area contributed by atoms with Gasteiger partial charge in [0.25, 0.3) is 11.8 Å². The standard InChI is InChI=1S/C55H73N5O11S/c1-36-25-44-39(11-13-41-9-7-16-58(41)52(44)63)29-46(36)70-33-37-26-38(34-71-48-30-40-12-14-42-10-8-17-59(42)53(64)45(40)31-47(48)67-6)28-43(27-37)57(19-20-68-23-24-69-22-21-66-5)35-55(2,3)72-49-32-51(62)60(54(49)65)18-15-50(61)56-4/h25-31,41-42,49H,7-24,32-35H2,1-6H3,(H,56,61)/t41-,42-,49?/m0/s1. The van der Waals surface area contributed by atoms with Crippen LogP contribution in [0.1, 0.15) is 114 Å². The van der Waals surface area contributed by atoms with Crippen LogP contribution in [0.2, 0.25) is 0 Å². The molecule has 3 aromatic rings. The van der Waals surface area contributed by atoms with Crippen molar-refractivity contribution >= 4 is 47.0 Å². The molecule has 0 spiro atoms. The van der Waals surface area contributed by atoms with E-state index >= 15 is 0 Å². The molecule has 0 aromatic heterocycles. The number of methoxy groups -OCH3 is 2. The first-order chi connectivity index (χ1) is 34.7. The summed E-state index contributed by atoms with van der Waals surface area (Å²) in [6.45, 7) is 11.3. The highest BCUT2D eigenvalue weighted by Crippen LogP contribution is 2.40. The van der Waals surface area contributed by atoms with E-state index in [1.54, 1.807) is 14.2 Å². The summed E-state index contributed by atoms with van der Waals surface area (Å²) in [4.78, 5) is 73.7. The Kier molecular flexibility index (Phi) is 17.7. The summed E-state index contributed by atoms with van der Waals surface area (Å²) in [5.74, 6) is 1.15. The second kappa shape index (κ2) is 24.1. The summed E-state index contributed by atoms with van der Waals surface area (Å²) in [6, 6.07) is 14.7. The van der Waals surface area contributed by atoms with Gasteiger partial charge < -0.3 is 48.4 Å². The van der Waals surface area contributed by atoms with Crippen LogP contribution in [0.25, 0.3) is 0 Å². The number of fused-ring (bicyclic) bond motifs is 4. The van der Waals surface area contributed by atoms with Crippen molar-refractivity contribution in [3.05, 3.63) is 81.4 Å². The molecule has 0 aliphatic carbocycles. The lowest BCUT2D eigenvalue weighted by Gasteiger charge is -2.35. The van der Waals surface area contributed by atoms with Crippen molar-refractivity contribution in [3.8, 4) is 17.2 Å². The SMILES string of the molecule is CNC(=O)CCN1C(=O)CC(SC(C)(C)CN(CCOCCOCCOC)c2cc(COc3cc4c(cc3C)C(=O)N3CCC[C@H]3CC4)cc(COc3cc4c(cc3OC)C(=O)N3CCC[C@H]3CC4)c2)C1=O. The molecule has 1 N–H and O–H groups in total. The fourth-order valence-electron chi connectivity index (χ4n) is 10.9. The van der Waals surface area contributed by atoms with Gasteiger partial charge in [0.2, 0.25) is 17.7 Å². The molecular weight excluding hydrogens is 939 g/mol. The number of hydrogen-bond acceptors (Lipinski definition) is 13. The Morgan fingerprint density at radius 2 is 1.35 bits per heavy atom. The van der Waals surface area contributed by atoms with Gasteiger partial charge >= 0.3 is 0 Å². The van der Waals surface area contributed by atoms with Crippen molar-refractivity contribution in [2.45, 2.75) is 120 Å². The molecule has 0 saturated carbocycles. The highest BCUT2D eigenvalue weighted by atomic mass is 32.2. The Balaban J connectivity index is 1.07. The van der Waals surface area contributed by atoms with Crippen LogP contribution in [-0.2, 0) is 54.6 Å². The zero-order valence-electron chi connectivity index (χ0n) is 43.0. The van der Waals surface area contributed by atoms with Gasteiger partial charge in [0.05, 0.1) is 45.4 Å². The molecule has 16 nitrogen and oxygen atoms in total. The third kappa shape index (κ3) is 12.7. The van der Waals surface area contributed by atoms with Crippen molar-refractivity contribution in [1.82, 2.24) is 20.0 Å². The molecule has 390 valence electrons. The number of hydrogen-bond donors (Lipinski definition) is 1. The van der Waals surface area contributed by atoms with Crippen molar-refractivity contribution in [1.29, 1.82) is 0 Å². The highest BCUT2D eigenvalue weighted by molar-refractivity contribution is 8.02. The van der Waals surface area contributed by atoms with Gasteiger partial charge in [0, 0.05) is 93.4 Å². The second-order valence-corrected chi connectivity index (χ2v) is 22.1. The average Bonchev–Trinajstić information content (AvgIpc) is 4.07. The van der Waals surface area contributed by atoms with E-state index in [1.165, 1.54) is 23.7 Å². The summed E-state index contributed by atoms with van der Waals surface area (Å²) in [5, 5.41) is 1.97. The second-order valence-electron chi connectivity index (χ2n) is 20.2. The molecule has 3 aromatic carbocycles. The molecule has 17 heteroatoms. The topological polar surface area (TPSA) is 166 Å². The lowest BCUT2D eigenvalue weighted by Crippen LogP contribution is -2.41. The van der Waals surface area contributed by atoms with Gasteiger partial charge in [0.15, 0.2) is 11.5 Å². The molecule has 8 rings (SSSR count). The van der Waals surface area contributed by atoms with Crippen molar-refractivity contribution in [3.63, 3.8) is 0 Å². The van der Waals surface area contributed by atoms with Crippen molar-refractivity contribution < 1.29 is 52.4 Å². The van der Waals surface area contributed by atoms with Gasteiger partial charge in [-0.05, 0) is 142 Å². The smallest absolute Gasteiger partial charge is 0.254 e. The first kappa shape index (κ1) is 52.9. The zero-order valence-corrected chi connectivity index (χ0v) is 43.8. The predicted octanol–water partition coefficient (Wildman–Crippen LogP) is 6.52. The van der Waals surface area contributed by atoms with Gasteiger partial charge in [-0.3, -0.25) is 28.9 Å². The monoisotopic (exact) mass is 1010 g/mol. The highest BCUT2D eigenvalue weighted by Gasteiger charge is 2.42. The molecule has 72 heavy (non-hydrogen) atoms. The molecule has 3 saturated heterocycles. The van der Waals surface area contributed by atoms with Gasteiger partial charge in [0.1, 0.15) is 19.0 Å². The van der Waals surface area contributed by atoms with E-state index in [9.17, 15) is 24.0 Å². The van der Waals surface area contributed by atoms with Gasteiger partial charge in [-0.25, -0.2) is 0 Å². The molecule has 1 unspecified atom stereocenters. The first-order valence-electron chi connectivity index (χ1n) is 25.7. The Hall–Kier alpha value is -5.36. The number of benzene rings is 3. The van der Waals surface area contributed by atoms with E-state index in [4.69, 9.17) is 28.4 Å². The summed E-state index contributed by atoms with van der Waals surface area (Å²) in [6.07, 6.45) is 7.68. The van der Waals surface area contributed by atoms with Crippen LogP contribution in [0.5, 0.6) is 17.2 Å². The molecule has 5 aliphatic rings. The first-order valence-corrected chi connectivity index (χ1v) is 26.6. The number of likely N-dealkylation sites (tertiary alicyclic amines) is 1. The van der Waals surface area contributed by atoms with Crippen LogP contribution in [0.4, 0.5) is 5.69 Å². The minimum Gasteiger partial charge on any atom is -0.493 e. The van der Waals surface area contributed by atoms with Crippen LogP contribution in [-0.4, -0.2) is 153 Å². The van der Waals surface area contributed by atoms with E-state index in [0.29, 0.717) is 63.2 Å². The van der Waals surface area contributed by atoms with Crippen LogP contribution in [0.15, 0.2) is 42.5 Å². The van der Waals surface area contributed by atoms with E-state index < -0.39 is 10.00 Å². The normalized spacial score (nSPS) is 19.7. The zero-order chi connectivity index (χ0) is 50.9. The third-order valence-electron chi connectivity index (χ3n) is 14.6. The maximum absolute atomic E-state index is 13.7. The predicted molar refractivity (Wildman–Crippen MR) is 275 cm³/mol. The number of thioether (sulfide) groups is 1. The number of amides is 5. The molecule has 3 atom stereocenters.